The number of pyridine rings is 1. The fraction of sp³-hybridized carbons (Fsp3) is 0.333. The Morgan fingerprint density at radius 3 is 2.94 bits per heavy atom. The Labute approximate surface area is 103 Å². The lowest BCUT2D eigenvalue weighted by molar-refractivity contribution is 0.0727. The topological polar surface area (TPSA) is 57.8 Å². The van der Waals surface area contributed by atoms with Gasteiger partial charge in [-0.15, -0.1) is 0 Å². The van der Waals surface area contributed by atoms with Gasteiger partial charge in [-0.1, -0.05) is 0 Å². The third-order valence-corrected chi connectivity index (χ3v) is 2.67. The average Bonchev–Trinajstić information content (AvgIpc) is 2.77. The molecule has 0 atom stereocenters. The van der Waals surface area contributed by atoms with Crippen LogP contribution >= 0.6 is 0 Å². The van der Waals surface area contributed by atoms with Crippen molar-refractivity contribution in [3.05, 3.63) is 36.0 Å². The van der Waals surface area contributed by atoms with Gasteiger partial charge < -0.3 is 14.4 Å². The Hall–Kier alpha value is -1.95. The van der Waals surface area contributed by atoms with E-state index in [0.29, 0.717) is 12.2 Å². The van der Waals surface area contributed by atoms with Gasteiger partial charge in [0.05, 0.1) is 6.61 Å². The zero-order valence-corrected chi connectivity index (χ0v) is 10.0. The summed E-state index contributed by atoms with van der Waals surface area (Å²) in [6, 6.07) is 2.80. The molecule has 0 fully saturated rings. The van der Waals surface area contributed by atoms with Crippen LogP contribution < -0.4 is 0 Å². The molecule has 0 aromatic carbocycles. The molecular formula is C12H14FN3O2. The molecule has 0 bridgehead atoms. The molecule has 2 aromatic rings. The predicted molar refractivity (Wildman–Crippen MR) is 63.8 cm³/mol. The molecular weight excluding hydrogens is 237 g/mol. The van der Waals surface area contributed by atoms with Gasteiger partial charge in [0.2, 0.25) is 0 Å². The van der Waals surface area contributed by atoms with E-state index >= 15 is 0 Å². The van der Waals surface area contributed by atoms with Gasteiger partial charge in [0.25, 0.3) is 5.91 Å². The lowest BCUT2D eigenvalue weighted by Crippen LogP contribution is -2.33. The molecule has 1 amide bonds. The second-order valence-corrected chi connectivity index (χ2v) is 3.85. The maximum atomic E-state index is 13.0. The average molecular weight is 251 g/mol. The summed E-state index contributed by atoms with van der Waals surface area (Å²) in [6.45, 7) is 2.48. The number of amides is 1. The molecule has 0 aliphatic heterocycles. The molecule has 0 aliphatic carbocycles. The first-order chi connectivity index (χ1) is 8.65. The normalized spacial score (nSPS) is 10.8. The lowest BCUT2D eigenvalue weighted by Gasteiger charge is -2.17. The summed E-state index contributed by atoms with van der Waals surface area (Å²) < 4.78 is 14.5. The molecule has 18 heavy (non-hydrogen) atoms. The largest absolute Gasteiger partial charge is 0.395 e. The minimum Gasteiger partial charge on any atom is -0.395 e. The van der Waals surface area contributed by atoms with Crippen molar-refractivity contribution in [2.75, 3.05) is 19.7 Å². The van der Waals surface area contributed by atoms with Gasteiger partial charge in [0.1, 0.15) is 17.2 Å². The number of rotatable bonds is 4. The van der Waals surface area contributed by atoms with Crippen molar-refractivity contribution in [1.29, 1.82) is 0 Å². The van der Waals surface area contributed by atoms with Crippen molar-refractivity contribution in [3.8, 4) is 0 Å². The first-order valence-corrected chi connectivity index (χ1v) is 5.70. The molecule has 0 saturated heterocycles. The third-order valence-electron chi connectivity index (χ3n) is 2.67. The number of hydrogen-bond acceptors (Lipinski definition) is 3. The van der Waals surface area contributed by atoms with Gasteiger partial charge in [-0.3, -0.25) is 4.79 Å². The quantitative estimate of drug-likeness (QED) is 0.879. The molecule has 2 rings (SSSR count). The van der Waals surface area contributed by atoms with Crippen LogP contribution in [0.2, 0.25) is 0 Å². The highest BCUT2D eigenvalue weighted by Crippen LogP contribution is 2.09. The summed E-state index contributed by atoms with van der Waals surface area (Å²) >= 11 is 0. The van der Waals surface area contributed by atoms with Gasteiger partial charge in [-0.2, -0.15) is 0 Å². The van der Waals surface area contributed by atoms with E-state index in [1.54, 1.807) is 0 Å². The van der Waals surface area contributed by atoms with E-state index in [0.717, 1.165) is 0 Å². The van der Waals surface area contributed by atoms with Crippen LogP contribution in [-0.2, 0) is 0 Å². The van der Waals surface area contributed by atoms with Crippen molar-refractivity contribution in [2.45, 2.75) is 6.92 Å². The van der Waals surface area contributed by atoms with Crippen molar-refractivity contribution < 1.29 is 14.3 Å². The molecule has 96 valence electrons. The monoisotopic (exact) mass is 251 g/mol. The lowest BCUT2D eigenvalue weighted by atomic mass is 10.4. The maximum absolute atomic E-state index is 13.0. The van der Waals surface area contributed by atoms with Gasteiger partial charge in [0, 0.05) is 25.5 Å². The number of carbonyl (C=O) groups excluding carboxylic acids is 1. The third kappa shape index (κ3) is 2.33. The summed E-state index contributed by atoms with van der Waals surface area (Å²) in [5.41, 5.74) is 0.760. The highest BCUT2D eigenvalue weighted by Gasteiger charge is 2.17. The molecule has 1 N–H and O–H groups in total. The van der Waals surface area contributed by atoms with Crippen LogP contribution in [0.3, 0.4) is 0 Å². The van der Waals surface area contributed by atoms with Crippen LogP contribution in [0.1, 0.15) is 17.4 Å². The van der Waals surface area contributed by atoms with Crippen LogP contribution in [0.25, 0.3) is 5.65 Å². The van der Waals surface area contributed by atoms with E-state index in [1.807, 2.05) is 6.92 Å². The summed E-state index contributed by atoms with van der Waals surface area (Å²) in [6.07, 6.45) is 2.75. The van der Waals surface area contributed by atoms with Crippen molar-refractivity contribution in [1.82, 2.24) is 14.3 Å². The van der Waals surface area contributed by atoms with Crippen LogP contribution in [0.5, 0.6) is 0 Å². The summed E-state index contributed by atoms with van der Waals surface area (Å²) in [7, 11) is 0. The fourth-order valence-electron chi connectivity index (χ4n) is 1.75. The molecule has 2 heterocycles. The zero-order chi connectivity index (χ0) is 13.1. The molecule has 0 unspecified atom stereocenters. The van der Waals surface area contributed by atoms with Crippen LogP contribution in [-0.4, -0.2) is 45.0 Å². The van der Waals surface area contributed by atoms with Gasteiger partial charge in [0.15, 0.2) is 0 Å². The van der Waals surface area contributed by atoms with E-state index in [1.165, 1.54) is 33.8 Å². The molecule has 2 aromatic heterocycles. The first kappa shape index (κ1) is 12.5. The Bertz CT molecular complexity index is 567. The van der Waals surface area contributed by atoms with E-state index < -0.39 is 0 Å². The number of aromatic nitrogens is 2. The molecule has 5 nitrogen and oxygen atoms in total. The van der Waals surface area contributed by atoms with E-state index in [9.17, 15) is 9.18 Å². The fourth-order valence-corrected chi connectivity index (χ4v) is 1.75. The summed E-state index contributed by atoms with van der Waals surface area (Å²) in [5, 5.41) is 8.87. The number of hydrogen-bond donors (Lipinski definition) is 1. The zero-order valence-electron chi connectivity index (χ0n) is 10.0. The second-order valence-electron chi connectivity index (χ2n) is 3.85. The Balaban J connectivity index is 2.32. The number of aliphatic hydroxyl groups excluding tert-OH is 1. The Morgan fingerprint density at radius 1 is 1.50 bits per heavy atom. The van der Waals surface area contributed by atoms with E-state index in [-0.39, 0.29) is 30.6 Å². The van der Waals surface area contributed by atoms with E-state index in [4.69, 9.17) is 5.11 Å². The number of carbonyl (C=O) groups is 1. The first-order valence-electron chi connectivity index (χ1n) is 5.70. The number of fused-ring (bicyclic) bond motifs is 1. The minimum absolute atomic E-state index is 0.0957. The van der Waals surface area contributed by atoms with Crippen LogP contribution in [0.4, 0.5) is 4.39 Å². The van der Waals surface area contributed by atoms with Crippen LogP contribution in [0, 0.1) is 5.82 Å². The van der Waals surface area contributed by atoms with Gasteiger partial charge in [-0.25, -0.2) is 9.37 Å². The van der Waals surface area contributed by atoms with Gasteiger partial charge in [-0.05, 0) is 19.1 Å². The SMILES string of the molecule is CCN(CCO)C(=O)c1cn2cc(F)ccc2n1. The molecule has 6 heteroatoms. The number of halogens is 1. The number of imidazole rings is 1. The van der Waals surface area contributed by atoms with Crippen molar-refractivity contribution >= 4 is 11.6 Å². The van der Waals surface area contributed by atoms with Crippen molar-refractivity contribution in [2.24, 2.45) is 0 Å². The number of likely N-dealkylation sites (N-methyl/N-ethyl adjacent to an activating group) is 1. The molecule has 0 saturated carbocycles. The number of aliphatic hydroxyl groups is 1. The van der Waals surface area contributed by atoms with Crippen molar-refractivity contribution in [3.63, 3.8) is 0 Å². The second kappa shape index (κ2) is 5.14. The van der Waals surface area contributed by atoms with Crippen LogP contribution in [0.15, 0.2) is 24.5 Å². The highest BCUT2D eigenvalue weighted by atomic mass is 19.1. The smallest absolute Gasteiger partial charge is 0.274 e. The highest BCUT2D eigenvalue weighted by molar-refractivity contribution is 5.92. The minimum atomic E-state index is -0.387. The summed E-state index contributed by atoms with van der Waals surface area (Å²) in [5.74, 6) is -0.655. The Kier molecular flexibility index (Phi) is 3.57. The van der Waals surface area contributed by atoms with Gasteiger partial charge >= 0.3 is 0 Å². The molecule has 0 aliphatic rings. The summed E-state index contributed by atoms with van der Waals surface area (Å²) in [4.78, 5) is 17.7. The molecule has 0 radical (unpaired) electrons. The standard InChI is InChI=1S/C12H14FN3O2/c1-2-15(5-6-17)12(18)10-8-16-7-9(13)3-4-11(16)14-10/h3-4,7-8,17H,2,5-6H2,1H3. The maximum Gasteiger partial charge on any atom is 0.274 e. The Morgan fingerprint density at radius 2 is 2.28 bits per heavy atom. The predicted octanol–water partition coefficient (Wildman–Crippen LogP) is 0.928. The molecule has 0 spiro atoms. The van der Waals surface area contributed by atoms with E-state index in [2.05, 4.69) is 4.98 Å². The number of nitrogens with zero attached hydrogens (tertiary/aromatic N) is 3.